The Labute approximate surface area is 205 Å². The minimum Gasteiger partial charge on any atom is -0.384 e. The monoisotopic (exact) mass is 518 g/mol. The summed E-state index contributed by atoms with van der Waals surface area (Å²) in [6.07, 6.45) is -2.37. The van der Waals surface area contributed by atoms with E-state index in [1.54, 1.807) is 36.4 Å². The SMILES string of the molecule is CC(C)(O)c1cn(-c2ccc(-c3cccc(S(C)(=O)=O)c3)cc2)c(-c2c(F)cccc2C(F)(F)F)n1. The number of benzene rings is 3. The average Bonchev–Trinajstić information content (AvgIpc) is 3.24. The molecule has 188 valence electrons. The summed E-state index contributed by atoms with van der Waals surface area (Å²) >= 11 is 0. The number of aromatic nitrogens is 2. The van der Waals surface area contributed by atoms with E-state index in [0.717, 1.165) is 24.5 Å². The molecule has 0 fully saturated rings. The predicted molar refractivity (Wildman–Crippen MR) is 128 cm³/mol. The molecule has 0 bridgehead atoms. The molecule has 0 unspecified atom stereocenters. The summed E-state index contributed by atoms with van der Waals surface area (Å²) in [4.78, 5) is 4.34. The van der Waals surface area contributed by atoms with Crippen LogP contribution in [0.25, 0.3) is 28.2 Å². The van der Waals surface area contributed by atoms with Gasteiger partial charge in [-0.2, -0.15) is 13.2 Å². The summed E-state index contributed by atoms with van der Waals surface area (Å²) in [5, 5.41) is 10.5. The minimum absolute atomic E-state index is 0.0545. The summed E-state index contributed by atoms with van der Waals surface area (Å²) < 4.78 is 81.2. The van der Waals surface area contributed by atoms with E-state index < -0.39 is 38.6 Å². The molecule has 1 heterocycles. The van der Waals surface area contributed by atoms with Gasteiger partial charge in [-0.3, -0.25) is 4.57 Å². The summed E-state index contributed by atoms with van der Waals surface area (Å²) in [6, 6.07) is 15.5. The number of alkyl halides is 3. The van der Waals surface area contributed by atoms with E-state index in [1.807, 2.05) is 0 Å². The normalized spacial score (nSPS) is 12.7. The van der Waals surface area contributed by atoms with Crippen molar-refractivity contribution in [2.24, 2.45) is 0 Å². The Hall–Kier alpha value is -3.50. The Morgan fingerprint density at radius 2 is 1.56 bits per heavy atom. The van der Waals surface area contributed by atoms with Crippen molar-refractivity contribution in [3.05, 3.63) is 90.0 Å². The molecule has 0 aliphatic rings. The van der Waals surface area contributed by atoms with Crippen molar-refractivity contribution in [1.29, 1.82) is 0 Å². The standard InChI is InChI=1S/C26H22F4N2O3S/c1-25(2,33)22-15-32(24(31-22)23-20(26(28,29)30)8-5-9-21(23)27)18-12-10-16(11-13-18)17-6-4-7-19(14-17)36(3,34)35/h4-15,33H,1-3H3. The average molecular weight is 519 g/mol. The van der Waals surface area contributed by atoms with E-state index in [9.17, 15) is 31.1 Å². The second-order valence-corrected chi connectivity index (χ2v) is 10.9. The Balaban J connectivity index is 1.88. The number of hydrogen-bond donors (Lipinski definition) is 1. The van der Waals surface area contributed by atoms with Crippen LogP contribution in [0.2, 0.25) is 0 Å². The second kappa shape index (κ2) is 8.86. The largest absolute Gasteiger partial charge is 0.417 e. The van der Waals surface area contributed by atoms with Crippen molar-refractivity contribution in [2.45, 2.75) is 30.5 Å². The highest BCUT2D eigenvalue weighted by atomic mass is 32.2. The van der Waals surface area contributed by atoms with Crippen LogP contribution in [0.5, 0.6) is 0 Å². The predicted octanol–water partition coefficient (Wildman–Crippen LogP) is 6.00. The van der Waals surface area contributed by atoms with E-state index >= 15 is 0 Å². The smallest absolute Gasteiger partial charge is 0.384 e. The number of nitrogens with zero attached hydrogens (tertiary/aromatic N) is 2. The van der Waals surface area contributed by atoms with Crippen molar-refractivity contribution in [1.82, 2.24) is 9.55 Å². The van der Waals surface area contributed by atoms with Crippen LogP contribution in [-0.4, -0.2) is 29.3 Å². The highest BCUT2D eigenvalue weighted by Gasteiger charge is 2.37. The number of hydrogen-bond acceptors (Lipinski definition) is 4. The third kappa shape index (κ3) is 5.05. The highest BCUT2D eigenvalue weighted by molar-refractivity contribution is 7.90. The fraction of sp³-hybridized carbons (Fsp3) is 0.192. The lowest BCUT2D eigenvalue weighted by atomic mass is 10.0. The molecular formula is C26H22F4N2O3S. The lowest BCUT2D eigenvalue weighted by Crippen LogP contribution is -2.16. The van der Waals surface area contributed by atoms with Crippen molar-refractivity contribution < 1.29 is 31.1 Å². The zero-order valence-electron chi connectivity index (χ0n) is 19.5. The van der Waals surface area contributed by atoms with Gasteiger partial charge in [-0.25, -0.2) is 17.8 Å². The number of rotatable bonds is 5. The van der Waals surface area contributed by atoms with Crippen LogP contribution in [0.4, 0.5) is 17.6 Å². The molecule has 0 saturated heterocycles. The van der Waals surface area contributed by atoms with Crippen LogP contribution < -0.4 is 0 Å². The van der Waals surface area contributed by atoms with Gasteiger partial charge in [-0.15, -0.1) is 0 Å². The van der Waals surface area contributed by atoms with Gasteiger partial charge in [0.1, 0.15) is 17.2 Å². The molecule has 36 heavy (non-hydrogen) atoms. The van der Waals surface area contributed by atoms with Gasteiger partial charge in [0.2, 0.25) is 0 Å². The molecule has 5 nitrogen and oxygen atoms in total. The first-order valence-corrected chi connectivity index (χ1v) is 12.6. The summed E-state index contributed by atoms with van der Waals surface area (Å²) in [5.74, 6) is -1.42. The molecule has 3 aromatic carbocycles. The van der Waals surface area contributed by atoms with E-state index in [1.165, 1.54) is 36.7 Å². The summed E-state index contributed by atoms with van der Waals surface area (Å²) in [7, 11) is -3.42. The van der Waals surface area contributed by atoms with Gasteiger partial charge >= 0.3 is 6.18 Å². The summed E-state index contributed by atoms with van der Waals surface area (Å²) in [5.41, 5.74) is -1.71. The van der Waals surface area contributed by atoms with Gasteiger partial charge in [-0.1, -0.05) is 30.3 Å². The van der Waals surface area contributed by atoms with Crippen LogP contribution in [0.15, 0.2) is 77.8 Å². The Kier molecular flexibility index (Phi) is 6.30. The third-order valence-corrected chi connectivity index (χ3v) is 6.73. The van der Waals surface area contributed by atoms with Crippen molar-refractivity contribution in [3.8, 4) is 28.2 Å². The molecule has 4 rings (SSSR count). The van der Waals surface area contributed by atoms with Crippen LogP contribution in [0.1, 0.15) is 25.1 Å². The van der Waals surface area contributed by atoms with Crippen LogP contribution in [0, 0.1) is 5.82 Å². The molecule has 0 radical (unpaired) electrons. The second-order valence-electron chi connectivity index (χ2n) is 8.89. The molecule has 0 amide bonds. The lowest BCUT2D eigenvalue weighted by Gasteiger charge is -2.15. The maximum absolute atomic E-state index is 14.8. The van der Waals surface area contributed by atoms with E-state index in [2.05, 4.69) is 4.98 Å². The third-order valence-electron chi connectivity index (χ3n) is 5.62. The van der Waals surface area contributed by atoms with E-state index in [-0.39, 0.29) is 16.4 Å². The maximum Gasteiger partial charge on any atom is 0.417 e. The molecule has 0 aliphatic carbocycles. The molecule has 1 N–H and O–H groups in total. The van der Waals surface area contributed by atoms with E-state index in [4.69, 9.17) is 0 Å². The first kappa shape index (κ1) is 25.6. The first-order chi connectivity index (χ1) is 16.7. The number of imidazole rings is 1. The Bertz CT molecular complexity index is 1530. The van der Waals surface area contributed by atoms with Gasteiger partial charge < -0.3 is 5.11 Å². The van der Waals surface area contributed by atoms with E-state index in [0.29, 0.717) is 16.8 Å². The van der Waals surface area contributed by atoms with Gasteiger partial charge in [0.25, 0.3) is 0 Å². The van der Waals surface area contributed by atoms with Crippen molar-refractivity contribution >= 4 is 9.84 Å². The molecule has 4 aromatic rings. The molecule has 0 spiro atoms. The van der Waals surface area contributed by atoms with Gasteiger partial charge in [0.05, 0.1) is 21.7 Å². The van der Waals surface area contributed by atoms with Crippen LogP contribution >= 0.6 is 0 Å². The Morgan fingerprint density at radius 1 is 0.917 bits per heavy atom. The zero-order valence-corrected chi connectivity index (χ0v) is 20.3. The van der Waals surface area contributed by atoms with Crippen LogP contribution in [-0.2, 0) is 21.6 Å². The molecular weight excluding hydrogens is 496 g/mol. The topological polar surface area (TPSA) is 72.2 Å². The maximum atomic E-state index is 14.8. The minimum atomic E-state index is -4.84. The van der Waals surface area contributed by atoms with Crippen molar-refractivity contribution in [2.75, 3.05) is 6.26 Å². The summed E-state index contributed by atoms with van der Waals surface area (Å²) in [6.45, 7) is 2.85. The Morgan fingerprint density at radius 3 is 2.14 bits per heavy atom. The first-order valence-electron chi connectivity index (χ1n) is 10.8. The quantitative estimate of drug-likeness (QED) is 0.329. The number of sulfone groups is 1. The fourth-order valence-corrected chi connectivity index (χ4v) is 4.42. The van der Waals surface area contributed by atoms with Crippen LogP contribution in [0.3, 0.4) is 0 Å². The molecule has 0 atom stereocenters. The molecule has 0 aliphatic heterocycles. The number of halogens is 4. The highest BCUT2D eigenvalue weighted by Crippen LogP contribution is 2.39. The number of aliphatic hydroxyl groups is 1. The molecule has 10 heteroatoms. The molecule has 0 saturated carbocycles. The lowest BCUT2D eigenvalue weighted by molar-refractivity contribution is -0.137. The fourth-order valence-electron chi connectivity index (χ4n) is 3.76. The van der Waals surface area contributed by atoms with Gasteiger partial charge in [-0.05, 0) is 61.4 Å². The van der Waals surface area contributed by atoms with Crippen molar-refractivity contribution in [3.63, 3.8) is 0 Å². The van der Waals surface area contributed by atoms with Gasteiger partial charge in [0, 0.05) is 18.1 Å². The molecule has 1 aromatic heterocycles. The zero-order chi connectivity index (χ0) is 26.5. The van der Waals surface area contributed by atoms with Gasteiger partial charge in [0.15, 0.2) is 9.84 Å².